The van der Waals surface area contributed by atoms with E-state index in [1.165, 1.54) is 129 Å². The van der Waals surface area contributed by atoms with E-state index in [2.05, 4.69) is 131 Å². The summed E-state index contributed by atoms with van der Waals surface area (Å²) in [6.45, 7) is 42.5. The van der Waals surface area contributed by atoms with E-state index < -0.39 is 21.8 Å². The summed E-state index contributed by atoms with van der Waals surface area (Å²) in [6, 6.07) is 15.2. The number of aromatic carboxylic acids is 2. The number of hydrogen-bond donors (Lipinski definition) is 2. The summed E-state index contributed by atoms with van der Waals surface area (Å²) in [6.07, 6.45) is 33.3. The van der Waals surface area contributed by atoms with E-state index in [1.54, 1.807) is 24.3 Å². The Balaban J connectivity index is 0.000000169. The van der Waals surface area contributed by atoms with Gasteiger partial charge in [-0.2, -0.15) is 5.10 Å². The molecule has 3 heterocycles. The number of allylic oxidation sites excluding steroid dienone is 6. The molecule has 8 saturated carbocycles. The third-order valence-electron chi connectivity index (χ3n) is 32.5. The van der Waals surface area contributed by atoms with Crippen LogP contribution in [0.4, 0.5) is 0 Å². The molecule has 2 N–H and O–H groups in total. The lowest BCUT2D eigenvalue weighted by molar-refractivity contribution is -0.219. The van der Waals surface area contributed by atoms with Crippen LogP contribution in [0.5, 0.6) is 0 Å². The van der Waals surface area contributed by atoms with Crippen LogP contribution in [-0.4, -0.2) is 90.9 Å². The predicted molar refractivity (Wildman–Crippen MR) is 388 cm³/mol. The molecular formula is C84H116N6O6S. The normalized spacial score (nSPS) is 41.2. The number of sulfone groups is 1. The third kappa shape index (κ3) is 10.2. The molecule has 4 aromatic rings. The van der Waals surface area contributed by atoms with Gasteiger partial charge in [0.2, 0.25) is 0 Å². The van der Waals surface area contributed by atoms with Gasteiger partial charge < -0.3 is 14.8 Å². The summed E-state index contributed by atoms with van der Waals surface area (Å²) >= 11 is 0. The standard InChI is InChI=1S/C44H62N4O4S.C40H54N2O2/c1-29(2)32-14-19-44(39-45-28-48(46-39)23-22-47-24-26-53(51,52)27-25-47)21-20-42(6)34(37(32)44)12-13-36-41(5)17-15-33(30-8-10-31(11-9-30)38(49)50)40(3,4)35(41)16-18-43(36,42)7;1-25(2)28-15-20-40(35-41-23-24-42(35)8)22-21-38(6)30(33(28)40)13-14-32-37(5)18-16-29(26-9-11-27(12-10-26)34(43)44)36(3,4)31(37)17-19-39(32,38)7/h8-11,15,28,32,34-37H,1,12-14,16-27H2,2-7H3,(H,49,50);9-12,16,23-24,28,30-33H,1,13-15,17-22H2,2-8H3,(H,43,44)/t32-,34+,35-,36+,37+,41-,42+,43+,44-;28-,30+,31-,32+,33+,37-,38+,39+,40-/m00/s1. The molecule has 15 rings (SSSR count). The molecule has 12 nitrogen and oxygen atoms in total. The monoisotopic (exact) mass is 1340 g/mol. The molecule has 13 heteroatoms. The summed E-state index contributed by atoms with van der Waals surface area (Å²) in [5.74, 6) is 7.16. The molecule has 0 amide bonds. The minimum atomic E-state index is -2.89. The number of nitrogens with zero attached hydrogens (tertiary/aromatic N) is 6. The number of aryl methyl sites for hydroxylation is 1. The first-order valence-electron chi connectivity index (χ1n) is 37.9. The van der Waals surface area contributed by atoms with Gasteiger partial charge in [0, 0.05) is 49.9 Å². The van der Waals surface area contributed by atoms with E-state index in [4.69, 9.17) is 15.1 Å². The first-order valence-corrected chi connectivity index (χ1v) is 39.7. The number of benzene rings is 2. The van der Waals surface area contributed by atoms with Crippen molar-refractivity contribution in [2.24, 2.45) is 110 Å². The Bertz CT molecular complexity index is 3950. The van der Waals surface area contributed by atoms with Crippen molar-refractivity contribution in [2.45, 2.75) is 216 Å². The minimum absolute atomic E-state index is 0.00869. The van der Waals surface area contributed by atoms with Crippen molar-refractivity contribution in [3.8, 4) is 0 Å². The lowest BCUT2D eigenvalue weighted by Gasteiger charge is -2.72. The van der Waals surface area contributed by atoms with E-state index in [-0.39, 0.29) is 54.8 Å². The SMILES string of the molecule is C=C(C)[C@@H]1CC[C@]2(c3nccn3C)CC[C@]3(C)[C@H](CC[C@@H]4[C@@]5(C)CC=C(c6ccc(C(=O)O)cc6)C(C)(C)[C@@H]5CC[C@]43C)[C@@H]12.C=C(C)[C@@H]1CC[C@]2(c3ncn(CCN4CCS(=O)(=O)CC4)n3)CC[C@]3(C)[C@H](CC[C@@H]4[C@@]5(C)CC=C(c6ccc(C(=O)O)cc6)C(C)(C)[C@@H]5CC[C@]43C)[C@@H]12. The maximum Gasteiger partial charge on any atom is 0.335 e. The number of aromatic nitrogens is 5. The highest BCUT2D eigenvalue weighted by Crippen LogP contribution is 2.80. The highest BCUT2D eigenvalue weighted by molar-refractivity contribution is 7.91. The Morgan fingerprint density at radius 2 is 1.00 bits per heavy atom. The fourth-order valence-electron chi connectivity index (χ4n) is 27.5. The van der Waals surface area contributed by atoms with Crippen LogP contribution in [0.25, 0.3) is 11.1 Å². The summed E-state index contributed by atoms with van der Waals surface area (Å²) < 4.78 is 28.3. The molecule has 10 aliphatic carbocycles. The second kappa shape index (κ2) is 23.6. The average Bonchev–Trinajstić information content (AvgIpc) is 1.52. The lowest BCUT2D eigenvalue weighted by atomic mass is 9.32. The van der Waals surface area contributed by atoms with Gasteiger partial charge in [-0.25, -0.2) is 28.0 Å². The Morgan fingerprint density at radius 3 is 1.44 bits per heavy atom. The Kier molecular flexibility index (Phi) is 16.7. The highest BCUT2D eigenvalue weighted by atomic mass is 32.2. The van der Waals surface area contributed by atoms with Crippen molar-refractivity contribution in [3.63, 3.8) is 0 Å². The first-order chi connectivity index (χ1) is 45.7. The van der Waals surface area contributed by atoms with Gasteiger partial charge in [0.25, 0.3) is 0 Å². The van der Waals surface area contributed by atoms with Gasteiger partial charge >= 0.3 is 11.9 Å². The van der Waals surface area contributed by atoms with Crippen LogP contribution < -0.4 is 0 Å². The lowest BCUT2D eigenvalue weighted by Crippen LogP contribution is -2.65. The van der Waals surface area contributed by atoms with Crippen LogP contribution >= 0.6 is 0 Å². The maximum atomic E-state index is 12.0. The van der Waals surface area contributed by atoms with Crippen molar-refractivity contribution >= 4 is 32.9 Å². The third-order valence-corrected chi connectivity index (χ3v) is 34.1. The van der Waals surface area contributed by atoms with Crippen LogP contribution in [0.15, 0.2) is 104 Å². The van der Waals surface area contributed by atoms with E-state index in [9.17, 15) is 28.2 Å². The second-order valence-corrected chi connectivity index (χ2v) is 39.0. The van der Waals surface area contributed by atoms with E-state index in [0.717, 1.165) is 44.6 Å². The Labute approximate surface area is 581 Å². The van der Waals surface area contributed by atoms with Crippen molar-refractivity contribution < 1.29 is 28.2 Å². The van der Waals surface area contributed by atoms with Gasteiger partial charge in [0.05, 0.1) is 29.2 Å². The summed E-state index contributed by atoms with van der Waals surface area (Å²) in [7, 11) is -0.679. The number of imidazole rings is 1. The predicted octanol–water partition coefficient (Wildman–Crippen LogP) is 18.0. The molecule has 524 valence electrons. The first kappa shape index (κ1) is 68.7. The fourth-order valence-corrected chi connectivity index (χ4v) is 28.8. The number of fused-ring (bicyclic) bond motifs is 14. The van der Waals surface area contributed by atoms with Crippen LogP contribution in [0.2, 0.25) is 0 Å². The van der Waals surface area contributed by atoms with Gasteiger partial charge in [-0.3, -0.25) is 9.58 Å². The van der Waals surface area contributed by atoms with Crippen molar-refractivity contribution in [2.75, 3.05) is 31.1 Å². The molecule has 11 aliphatic rings. The Morgan fingerprint density at radius 1 is 0.546 bits per heavy atom. The zero-order chi connectivity index (χ0) is 69.2. The van der Waals surface area contributed by atoms with Crippen molar-refractivity contribution in [3.05, 3.63) is 138 Å². The minimum Gasteiger partial charge on any atom is -0.478 e. The van der Waals surface area contributed by atoms with Crippen LogP contribution in [0, 0.1) is 102 Å². The smallest absolute Gasteiger partial charge is 0.335 e. The number of carboxylic acid groups (broad SMARTS) is 2. The molecule has 18 atom stereocenters. The van der Waals surface area contributed by atoms with Gasteiger partial charge in [0.1, 0.15) is 12.2 Å². The van der Waals surface area contributed by atoms with Crippen LogP contribution in [-0.2, 0) is 34.3 Å². The number of carboxylic acids is 2. The molecule has 0 unspecified atom stereocenters. The molecule has 0 radical (unpaired) electrons. The van der Waals surface area contributed by atoms with Gasteiger partial charge in [-0.05, 0) is 278 Å². The summed E-state index contributed by atoms with van der Waals surface area (Å²) in [5, 5.41) is 24.2. The number of carbonyl (C=O) groups is 2. The van der Waals surface area contributed by atoms with E-state index in [1.807, 2.05) is 41.5 Å². The zero-order valence-corrected chi connectivity index (χ0v) is 62.1. The molecule has 2 aromatic carbocycles. The maximum absolute atomic E-state index is 12.0. The Hall–Kier alpha value is -5.40. The molecule has 2 aromatic heterocycles. The average molecular weight is 1340 g/mol. The molecule has 9 fully saturated rings. The second-order valence-electron chi connectivity index (χ2n) is 36.7. The molecular weight excluding hydrogens is 1220 g/mol. The molecule has 0 spiro atoms. The fraction of sp³-hybridized carbons (Fsp3) is 0.679. The molecule has 1 saturated heterocycles. The largest absolute Gasteiger partial charge is 0.478 e. The quantitative estimate of drug-likeness (QED) is 0.138. The molecule has 1 aliphatic heterocycles. The molecule has 97 heavy (non-hydrogen) atoms. The van der Waals surface area contributed by atoms with Gasteiger partial charge in [-0.15, -0.1) is 0 Å². The van der Waals surface area contributed by atoms with Gasteiger partial charge in [0.15, 0.2) is 15.7 Å². The number of hydrogen-bond acceptors (Lipinski definition) is 8. The highest BCUT2D eigenvalue weighted by Gasteiger charge is 2.73. The van der Waals surface area contributed by atoms with Crippen molar-refractivity contribution in [1.82, 2.24) is 29.2 Å². The number of rotatable bonds is 11. The van der Waals surface area contributed by atoms with Gasteiger partial charge in [-0.1, -0.05) is 130 Å². The van der Waals surface area contributed by atoms with E-state index in [0.29, 0.717) is 94.2 Å². The van der Waals surface area contributed by atoms with Crippen molar-refractivity contribution in [1.29, 1.82) is 0 Å². The topological polar surface area (TPSA) is 161 Å². The summed E-state index contributed by atoms with van der Waals surface area (Å²) in [5.41, 5.74) is 10.3. The van der Waals surface area contributed by atoms with Crippen LogP contribution in [0.3, 0.4) is 0 Å². The summed E-state index contributed by atoms with van der Waals surface area (Å²) in [4.78, 5) is 35.5. The van der Waals surface area contributed by atoms with E-state index >= 15 is 0 Å². The zero-order valence-electron chi connectivity index (χ0n) is 61.3. The van der Waals surface area contributed by atoms with Crippen LogP contribution in [0.1, 0.15) is 242 Å². The molecule has 0 bridgehead atoms.